The van der Waals surface area contributed by atoms with E-state index in [0.29, 0.717) is 24.7 Å². The molecule has 0 spiro atoms. The first-order valence-corrected chi connectivity index (χ1v) is 6.92. The molecular weight excluding hydrogens is 270 g/mol. The van der Waals surface area contributed by atoms with E-state index in [9.17, 15) is 4.79 Å². The molecule has 110 valence electrons. The molecule has 21 heavy (non-hydrogen) atoms. The van der Waals surface area contributed by atoms with Crippen molar-refractivity contribution in [3.63, 3.8) is 0 Å². The average Bonchev–Trinajstić information content (AvgIpc) is 2.94. The summed E-state index contributed by atoms with van der Waals surface area (Å²) in [4.78, 5) is 22.3. The van der Waals surface area contributed by atoms with E-state index in [4.69, 9.17) is 10.3 Å². The minimum Gasteiger partial charge on any atom is -0.368 e. The summed E-state index contributed by atoms with van der Waals surface area (Å²) < 4.78 is 5.23. The Balaban J connectivity index is 1.82. The summed E-state index contributed by atoms with van der Waals surface area (Å²) in [6, 6.07) is 5.21. The van der Waals surface area contributed by atoms with E-state index in [0.717, 1.165) is 12.2 Å². The number of carbonyl (C=O) groups is 1. The Bertz CT molecular complexity index is 627. The smallest absolute Gasteiger partial charge is 0.240 e. The highest BCUT2D eigenvalue weighted by atomic mass is 16.5. The maximum absolute atomic E-state index is 11.8. The summed E-state index contributed by atoms with van der Waals surface area (Å²) in [6.07, 6.45) is 3.09. The van der Waals surface area contributed by atoms with Crippen molar-refractivity contribution in [2.75, 3.05) is 11.4 Å². The molecule has 1 saturated heterocycles. The molecule has 1 amide bonds. The van der Waals surface area contributed by atoms with Crippen molar-refractivity contribution >= 4 is 11.7 Å². The lowest BCUT2D eigenvalue weighted by molar-refractivity contribution is -0.119. The number of nitrogens with two attached hydrogens (primary N) is 1. The minimum atomic E-state index is -0.411. The first-order valence-electron chi connectivity index (χ1n) is 6.92. The number of hydrogen-bond acceptors (Lipinski definition) is 6. The number of aromatic nitrogens is 3. The zero-order valence-electron chi connectivity index (χ0n) is 11.8. The third-order valence-electron chi connectivity index (χ3n) is 3.77. The molecule has 0 bridgehead atoms. The lowest BCUT2D eigenvalue weighted by atomic mass is 9.90. The standard InChI is InChI=1S/C14H17N5O2/c1-9-17-14(21-18-9)10-5-7-19(11(8-10)13(15)20)12-4-2-3-6-16-12/h2-4,6,10-11H,5,7-8H2,1H3,(H2,15,20). The maximum atomic E-state index is 11.8. The number of aryl methyl sites for hydroxylation is 1. The molecule has 3 rings (SSSR count). The van der Waals surface area contributed by atoms with Gasteiger partial charge in [0.05, 0.1) is 0 Å². The number of amides is 1. The van der Waals surface area contributed by atoms with E-state index in [-0.39, 0.29) is 11.8 Å². The first-order chi connectivity index (χ1) is 10.1. The van der Waals surface area contributed by atoms with Crippen LogP contribution in [0.2, 0.25) is 0 Å². The minimum absolute atomic E-state index is 0.0589. The monoisotopic (exact) mass is 287 g/mol. The largest absolute Gasteiger partial charge is 0.368 e. The second-order valence-corrected chi connectivity index (χ2v) is 5.20. The molecule has 3 heterocycles. The van der Waals surface area contributed by atoms with Crippen molar-refractivity contribution in [2.24, 2.45) is 5.73 Å². The van der Waals surface area contributed by atoms with Crippen LogP contribution >= 0.6 is 0 Å². The highest BCUT2D eigenvalue weighted by Crippen LogP contribution is 2.32. The molecule has 0 saturated carbocycles. The van der Waals surface area contributed by atoms with Crippen molar-refractivity contribution in [2.45, 2.75) is 31.7 Å². The van der Waals surface area contributed by atoms with Gasteiger partial charge in [0, 0.05) is 18.7 Å². The van der Waals surface area contributed by atoms with Gasteiger partial charge in [0.2, 0.25) is 11.8 Å². The Kier molecular flexibility index (Phi) is 3.55. The van der Waals surface area contributed by atoms with E-state index in [1.165, 1.54) is 0 Å². The number of pyridine rings is 1. The van der Waals surface area contributed by atoms with Crippen LogP contribution in [0.1, 0.15) is 30.5 Å². The second-order valence-electron chi connectivity index (χ2n) is 5.20. The fourth-order valence-electron chi connectivity index (χ4n) is 2.74. The van der Waals surface area contributed by atoms with Gasteiger partial charge in [0.25, 0.3) is 0 Å². The molecule has 1 fully saturated rings. The van der Waals surface area contributed by atoms with Crippen LogP contribution in [0.25, 0.3) is 0 Å². The molecule has 2 aromatic heterocycles. The number of piperidine rings is 1. The summed E-state index contributed by atoms with van der Waals surface area (Å²) in [5, 5.41) is 3.81. The van der Waals surface area contributed by atoms with Gasteiger partial charge in [-0.25, -0.2) is 4.98 Å². The molecule has 0 aromatic carbocycles. The number of primary amides is 1. The number of carbonyl (C=O) groups excluding carboxylic acids is 1. The molecular formula is C14H17N5O2. The van der Waals surface area contributed by atoms with Gasteiger partial charge in [-0.3, -0.25) is 4.79 Å². The molecule has 1 aliphatic heterocycles. The van der Waals surface area contributed by atoms with E-state index in [1.807, 2.05) is 23.1 Å². The van der Waals surface area contributed by atoms with Crippen LogP contribution in [0.3, 0.4) is 0 Å². The van der Waals surface area contributed by atoms with Gasteiger partial charge in [0.1, 0.15) is 11.9 Å². The highest BCUT2D eigenvalue weighted by Gasteiger charge is 2.35. The normalized spacial score (nSPS) is 22.2. The lowest BCUT2D eigenvalue weighted by Crippen LogP contribution is -2.50. The Hall–Kier alpha value is -2.44. The van der Waals surface area contributed by atoms with Crippen molar-refractivity contribution in [3.8, 4) is 0 Å². The molecule has 2 aromatic rings. The Labute approximate surface area is 122 Å². The van der Waals surface area contributed by atoms with Gasteiger partial charge in [-0.1, -0.05) is 11.2 Å². The van der Waals surface area contributed by atoms with E-state index in [1.54, 1.807) is 13.1 Å². The third kappa shape index (κ3) is 2.72. The predicted octanol–water partition coefficient (Wildman–Crippen LogP) is 1.01. The van der Waals surface area contributed by atoms with Gasteiger partial charge in [-0.2, -0.15) is 4.98 Å². The summed E-state index contributed by atoms with van der Waals surface area (Å²) in [6.45, 7) is 2.46. The van der Waals surface area contributed by atoms with E-state index < -0.39 is 6.04 Å². The predicted molar refractivity (Wildman–Crippen MR) is 75.6 cm³/mol. The van der Waals surface area contributed by atoms with Gasteiger partial charge >= 0.3 is 0 Å². The summed E-state index contributed by atoms with van der Waals surface area (Å²) in [5.74, 6) is 1.65. The van der Waals surface area contributed by atoms with Gasteiger partial charge in [-0.15, -0.1) is 0 Å². The quantitative estimate of drug-likeness (QED) is 0.904. The fourth-order valence-corrected chi connectivity index (χ4v) is 2.74. The SMILES string of the molecule is Cc1noc(C2CCN(c3ccccn3)C(C(N)=O)C2)n1. The zero-order valence-corrected chi connectivity index (χ0v) is 11.8. The molecule has 0 radical (unpaired) electrons. The first kappa shape index (κ1) is 13.5. The molecule has 7 nitrogen and oxygen atoms in total. The Morgan fingerprint density at radius 3 is 2.95 bits per heavy atom. The fraction of sp³-hybridized carbons (Fsp3) is 0.429. The molecule has 7 heteroatoms. The van der Waals surface area contributed by atoms with Crippen LogP contribution in [0.4, 0.5) is 5.82 Å². The van der Waals surface area contributed by atoms with Crippen LogP contribution < -0.4 is 10.6 Å². The number of nitrogens with zero attached hydrogens (tertiary/aromatic N) is 4. The van der Waals surface area contributed by atoms with Gasteiger partial charge in [0.15, 0.2) is 5.82 Å². The lowest BCUT2D eigenvalue weighted by Gasteiger charge is -2.37. The van der Waals surface area contributed by atoms with E-state index >= 15 is 0 Å². The molecule has 2 unspecified atom stereocenters. The number of rotatable bonds is 3. The number of anilines is 1. The summed E-state index contributed by atoms with van der Waals surface area (Å²) in [7, 11) is 0. The van der Waals surface area contributed by atoms with Crippen LogP contribution in [-0.4, -0.2) is 33.6 Å². The van der Waals surface area contributed by atoms with Gasteiger partial charge < -0.3 is 15.2 Å². The zero-order chi connectivity index (χ0) is 14.8. The molecule has 0 aliphatic carbocycles. The topological polar surface area (TPSA) is 98.1 Å². The molecule has 1 aliphatic rings. The van der Waals surface area contributed by atoms with E-state index in [2.05, 4.69) is 15.1 Å². The molecule has 2 N–H and O–H groups in total. The number of hydrogen-bond donors (Lipinski definition) is 1. The van der Waals surface area contributed by atoms with Crippen LogP contribution in [0.5, 0.6) is 0 Å². The second kappa shape index (κ2) is 5.51. The van der Waals surface area contributed by atoms with Crippen molar-refractivity contribution < 1.29 is 9.32 Å². The average molecular weight is 287 g/mol. The Morgan fingerprint density at radius 2 is 2.33 bits per heavy atom. The van der Waals surface area contributed by atoms with Crippen LogP contribution in [-0.2, 0) is 4.79 Å². The Morgan fingerprint density at radius 1 is 1.48 bits per heavy atom. The summed E-state index contributed by atoms with van der Waals surface area (Å²) >= 11 is 0. The van der Waals surface area contributed by atoms with Crippen LogP contribution in [0, 0.1) is 6.92 Å². The van der Waals surface area contributed by atoms with Crippen molar-refractivity contribution in [1.29, 1.82) is 0 Å². The summed E-state index contributed by atoms with van der Waals surface area (Å²) in [5.41, 5.74) is 5.57. The van der Waals surface area contributed by atoms with Crippen molar-refractivity contribution in [3.05, 3.63) is 36.1 Å². The maximum Gasteiger partial charge on any atom is 0.240 e. The van der Waals surface area contributed by atoms with Gasteiger partial charge in [-0.05, 0) is 31.9 Å². The van der Waals surface area contributed by atoms with Crippen LogP contribution in [0.15, 0.2) is 28.9 Å². The molecule has 2 atom stereocenters. The third-order valence-corrected chi connectivity index (χ3v) is 3.77. The van der Waals surface area contributed by atoms with Crippen molar-refractivity contribution in [1.82, 2.24) is 15.1 Å². The highest BCUT2D eigenvalue weighted by molar-refractivity contribution is 5.83.